The van der Waals surface area contributed by atoms with Crippen LogP contribution in [-0.4, -0.2) is 75.7 Å². The zero-order valence-corrected chi connectivity index (χ0v) is 24.8. The Hall–Kier alpha value is -4.36. The molecule has 0 spiro atoms. The van der Waals surface area contributed by atoms with E-state index < -0.39 is 0 Å². The van der Waals surface area contributed by atoms with Crippen molar-refractivity contribution >= 4 is 45.4 Å². The fraction of sp³-hybridized carbons (Fsp3) is 0.379. The van der Waals surface area contributed by atoms with Crippen LogP contribution >= 0.6 is 11.3 Å². The van der Waals surface area contributed by atoms with E-state index in [4.69, 9.17) is 4.98 Å². The van der Waals surface area contributed by atoms with Gasteiger partial charge in [-0.05, 0) is 56.3 Å². The van der Waals surface area contributed by atoms with Gasteiger partial charge in [0.2, 0.25) is 5.95 Å². The summed E-state index contributed by atoms with van der Waals surface area (Å²) in [5.41, 5.74) is 3.36. The quantitative estimate of drug-likeness (QED) is 0.266. The van der Waals surface area contributed by atoms with E-state index in [1.165, 1.54) is 0 Å². The van der Waals surface area contributed by atoms with Crippen LogP contribution in [0.5, 0.6) is 0 Å². The normalized spacial score (nSPS) is 18.9. The molecule has 42 heavy (non-hydrogen) atoms. The molecule has 3 N–H and O–H groups in total. The summed E-state index contributed by atoms with van der Waals surface area (Å²) in [6, 6.07) is 9.90. The van der Waals surface area contributed by atoms with Crippen molar-refractivity contribution in [2.75, 3.05) is 44.9 Å². The van der Waals surface area contributed by atoms with Gasteiger partial charge in [-0.2, -0.15) is 10.1 Å². The maximum absolute atomic E-state index is 13.9. The lowest BCUT2D eigenvalue weighted by molar-refractivity contribution is 0.263. The summed E-state index contributed by atoms with van der Waals surface area (Å²) in [6.07, 6.45) is 5.73. The number of fused-ring (bicyclic) bond motifs is 1. The number of nitrogens with one attached hydrogen (secondary N) is 3. The van der Waals surface area contributed by atoms with Crippen LogP contribution in [0.2, 0.25) is 0 Å². The van der Waals surface area contributed by atoms with Gasteiger partial charge >= 0.3 is 0 Å². The van der Waals surface area contributed by atoms with Gasteiger partial charge in [-0.25, -0.2) is 9.97 Å². The second kappa shape index (κ2) is 11.9. The lowest BCUT2D eigenvalue weighted by Gasteiger charge is -2.24. The minimum atomic E-state index is -0.323. The highest BCUT2D eigenvalue weighted by Crippen LogP contribution is 2.33. The summed E-state index contributed by atoms with van der Waals surface area (Å²) < 4.78 is 1.67. The molecule has 12 nitrogen and oxygen atoms in total. The number of pyridine rings is 1. The zero-order valence-electron chi connectivity index (χ0n) is 24.0. The Kier molecular flexibility index (Phi) is 7.85. The number of thiazole rings is 1. The number of hydrogen-bond donors (Lipinski definition) is 3. The maximum atomic E-state index is 13.9. The first-order valence-corrected chi connectivity index (χ1v) is 14.9. The van der Waals surface area contributed by atoms with E-state index in [0.717, 1.165) is 47.7 Å². The van der Waals surface area contributed by atoms with Crippen molar-refractivity contribution in [3.8, 4) is 0 Å². The number of likely N-dealkylation sites (N-methyl/N-ethyl adjacent to an activating group) is 1. The largest absolute Gasteiger partial charge is 0.382 e. The van der Waals surface area contributed by atoms with Crippen molar-refractivity contribution < 1.29 is 0 Å². The van der Waals surface area contributed by atoms with Crippen molar-refractivity contribution in [2.45, 2.75) is 37.5 Å². The van der Waals surface area contributed by atoms with Crippen LogP contribution in [0, 0.1) is 0 Å². The summed E-state index contributed by atoms with van der Waals surface area (Å²) in [5, 5.41) is 24.5. The molecule has 13 heteroatoms. The average molecular weight is 586 g/mol. The van der Waals surface area contributed by atoms with E-state index in [2.05, 4.69) is 55.0 Å². The summed E-state index contributed by atoms with van der Waals surface area (Å²) >= 11 is 1.55. The van der Waals surface area contributed by atoms with Crippen LogP contribution in [0.25, 0.3) is 16.7 Å². The standard InChI is InChI=1S/C29H35N11OS/c1-18(38(2)3)23-15-19-16-32-29(34-21-7-5-20(6-8-21)33-22-9-11-30-12-10-22)35-26(19)40(28(23)41)17-24-25(39(4)37-36-24)27-31-13-14-42-27/h5-8,13-16,22,24-25,30,33H,1,9-12,17H2,2-4H3,(H,32,34,35). The van der Waals surface area contributed by atoms with E-state index in [9.17, 15) is 4.79 Å². The number of rotatable bonds is 9. The smallest absolute Gasteiger partial charge is 0.261 e. The average Bonchev–Trinajstić information content (AvgIpc) is 3.65. The molecule has 0 amide bonds. The van der Waals surface area contributed by atoms with Gasteiger partial charge in [-0.15, -0.1) is 11.3 Å². The molecule has 2 aliphatic heterocycles. The number of aromatic nitrogens is 4. The lowest BCUT2D eigenvalue weighted by atomic mass is 10.1. The molecule has 3 aromatic heterocycles. The first-order chi connectivity index (χ1) is 20.4. The summed E-state index contributed by atoms with van der Waals surface area (Å²) in [5.74, 6) is 0.399. The topological polar surface area (TPSA) is 128 Å². The first-order valence-electron chi connectivity index (χ1n) is 14.0. The highest BCUT2D eigenvalue weighted by atomic mass is 32.1. The molecule has 1 aromatic carbocycles. The minimum Gasteiger partial charge on any atom is -0.382 e. The van der Waals surface area contributed by atoms with Gasteiger partial charge in [0, 0.05) is 67.4 Å². The van der Waals surface area contributed by atoms with Crippen LogP contribution in [0.1, 0.15) is 29.5 Å². The van der Waals surface area contributed by atoms with Crippen molar-refractivity contribution in [3.05, 3.63) is 75.6 Å². The fourth-order valence-corrected chi connectivity index (χ4v) is 6.19. The number of piperidine rings is 1. The Balaban J connectivity index is 1.32. The van der Waals surface area contributed by atoms with E-state index in [1.807, 2.05) is 49.6 Å². The molecule has 0 saturated carbocycles. The summed E-state index contributed by atoms with van der Waals surface area (Å²) in [6.45, 7) is 6.50. The van der Waals surface area contributed by atoms with Gasteiger partial charge in [0.15, 0.2) is 0 Å². The van der Waals surface area contributed by atoms with E-state index in [-0.39, 0.29) is 24.2 Å². The predicted octanol–water partition coefficient (Wildman–Crippen LogP) is 4.11. The highest BCUT2D eigenvalue weighted by Gasteiger charge is 2.35. The molecule has 0 bridgehead atoms. The molecule has 1 fully saturated rings. The third kappa shape index (κ3) is 5.70. The molecule has 218 valence electrons. The molecule has 2 aliphatic rings. The van der Waals surface area contributed by atoms with Crippen LogP contribution in [0.4, 0.5) is 17.3 Å². The molecule has 1 saturated heterocycles. The molecule has 2 unspecified atom stereocenters. The molecule has 0 radical (unpaired) electrons. The number of hydrogen-bond acceptors (Lipinski definition) is 12. The third-order valence-corrected chi connectivity index (χ3v) is 8.56. The second-order valence-electron chi connectivity index (χ2n) is 10.8. The number of benzene rings is 1. The Morgan fingerprint density at radius 2 is 1.93 bits per heavy atom. The van der Waals surface area contributed by atoms with Gasteiger partial charge in [-0.1, -0.05) is 11.8 Å². The van der Waals surface area contributed by atoms with E-state index in [1.54, 1.807) is 33.3 Å². The first kappa shape index (κ1) is 27.8. The van der Waals surface area contributed by atoms with Crippen molar-refractivity contribution in [1.82, 2.24) is 34.7 Å². The number of anilines is 3. The van der Waals surface area contributed by atoms with Crippen LogP contribution in [-0.2, 0) is 6.54 Å². The Morgan fingerprint density at radius 1 is 1.17 bits per heavy atom. The van der Waals surface area contributed by atoms with Gasteiger partial charge in [0.25, 0.3) is 5.56 Å². The molecular weight excluding hydrogens is 550 g/mol. The molecule has 0 aliphatic carbocycles. The van der Waals surface area contributed by atoms with Crippen LogP contribution in [0.15, 0.2) is 69.8 Å². The molecule has 6 rings (SSSR count). The molecule has 5 heterocycles. The Labute approximate surface area is 248 Å². The second-order valence-corrected chi connectivity index (χ2v) is 11.7. The Bertz CT molecular complexity index is 1640. The fourth-order valence-electron chi connectivity index (χ4n) is 5.36. The van der Waals surface area contributed by atoms with Gasteiger partial charge < -0.3 is 20.9 Å². The summed E-state index contributed by atoms with van der Waals surface area (Å²) in [4.78, 5) is 29.7. The number of nitrogens with zero attached hydrogens (tertiary/aromatic N) is 8. The zero-order chi connectivity index (χ0) is 29.2. The molecule has 4 aromatic rings. The Morgan fingerprint density at radius 3 is 2.64 bits per heavy atom. The highest BCUT2D eigenvalue weighted by molar-refractivity contribution is 7.09. The van der Waals surface area contributed by atoms with E-state index >= 15 is 0 Å². The third-order valence-electron chi connectivity index (χ3n) is 7.71. The SMILES string of the molecule is C=C(c1cc2cnc(Nc3ccc(NC4CCNCC4)cc3)nc2n(CC2N=NN(C)C2c2nccs2)c1=O)N(C)C. The van der Waals surface area contributed by atoms with E-state index in [0.29, 0.717) is 28.9 Å². The predicted molar refractivity (Wildman–Crippen MR) is 167 cm³/mol. The lowest BCUT2D eigenvalue weighted by Crippen LogP contribution is -2.35. The molecule has 2 atom stereocenters. The summed E-state index contributed by atoms with van der Waals surface area (Å²) in [7, 11) is 5.61. The maximum Gasteiger partial charge on any atom is 0.261 e. The molecular formula is C29H35N11OS. The minimum absolute atomic E-state index is 0.177. The van der Waals surface area contributed by atoms with Crippen molar-refractivity contribution in [3.63, 3.8) is 0 Å². The van der Waals surface area contributed by atoms with Gasteiger partial charge in [-0.3, -0.25) is 14.4 Å². The van der Waals surface area contributed by atoms with Crippen molar-refractivity contribution in [1.29, 1.82) is 0 Å². The van der Waals surface area contributed by atoms with Crippen LogP contribution < -0.4 is 21.5 Å². The van der Waals surface area contributed by atoms with Crippen molar-refractivity contribution in [2.24, 2.45) is 10.3 Å². The van der Waals surface area contributed by atoms with Gasteiger partial charge in [0.05, 0.1) is 12.1 Å². The van der Waals surface area contributed by atoms with Crippen LogP contribution in [0.3, 0.4) is 0 Å². The van der Waals surface area contributed by atoms with Gasteiger partial charge in [0.1, 0.15) is 22.7 Å². The monoisotopic (exact) mass is 585 g/mol.